The third-order valence-corrected chi connectivity index (χ3v) is 5.54. The first-order valence-electron chi connectivity index (χ1n) is 7.96. The van der Waals surface area contributed by atoms with Crippen LogP contribution in [0.25, 0.3) is 11.2 Å². The van der Waals surface area contributed by atoms with Gasteiger partial charge in [0.15, 0.2) is 11.2 Å². The van der Waals surface area contributed by atoms with E-state index in [1.807, 2.05) is 6.07 Å². The first-order valence-corrected chi connectivity index (χ1v) is 9.70. The van der Waals surface area contributed by atoms with Gasteiger partial charge >= 0.3 is 0 Å². The number of aromatic nitrogens is 5. The number of fused-ring (bicyclic) bond motifs is 1. The van der Waals surface area contributed by atoms with Gasteiger partial charge in [0.1, 0.15) is 17.2 Å². The SMILES string of the molecule is Fc1ccccc1Cn1nnc2c(SCc3ccc(Cl)cc3Cl)ncnc21. The van der Waals surface area contributed by atoms with Crippen molar-refractivity contribution >= 4 is 46.1 Å². The van der Waals surface area contributed by atoms with E-state index in [0.29, 0.717) is 37.6 Å². The molecule has 9 heteroatoms. The molecule has 0 saturated carbocycles. The van der Waals surface area contributed by atoms with E-state index in [1.54, 1.807) is 35.0 Å². The first-order chi connectivity index (χ1) is 13.1. The topological polar surface area (TPSA) is 56.5 Å². The summed E-state index contributed by atoms with van der Waals surface area (Å²) in [6.07, 6.45) is 1.45. The van der Waals surface area contributed by atoms with Crippen molar-refractivity contribution in [1.29, 1.82) is 0 Å². The van der Waals surface area contributed by atoms with Crippen LogP contribution in [0.2, 0.25) is 10.0 Å². The van der Waals surface area contributed by atoms with Crippen molar-refractivity contribution in [2.45, 2.75) is 17.3 Å². The fourth-order valence-electron chi connectivity index (χ4n) is 2.56. The van der Waals surface area contributed by atoms with Crippen molar-refractivity contribution in [1.82, 2.24) is 25.0 Å². The Kier molecular flexibility index (Phi) is 5.24. The summed E-state index contributed by atoms with van der Waals surface area (Å²) in [4.78, 5) is 8.56. The van der Waals surface area contributed by atoms with E-state index >= 15 is 0 Å². The van der Waals surface area contributed by atoms with E-state index in [1.165, 1.54) is 24.2 Å². The summed E-state index contributed by atoms with van der Waals surface area (Å²) in [5.74, 6) is 0.310. The lowest BCUT2D eigenvalue weighted by atomic mass is 10.2. The highest BCUT2D eigenvalue weighted by molar-refractivity contribution is 7.98. The number of hydrogen-bond acceptors (Lipinski definition) is 5. The highest BCUT2D eigenvalue weighted by atomic mass is 35.5. The minimum Gasteiger partial charge on any atom is -0.227 e. The standard InChI is InChI=1S/C18H12Cl2FN5S/c19-13-6-5-12(14(20)7-13)9-27-18-16-17(22-10-23-18)26(25-24-16)8-11-3-1-2-4-15(11)21/h1-7,10H,8-9H2. The van der Waals surface area contributed by atoms with Gasteiger partial charge in [-0.25, -0.2) is 19.0 Å². The Morgan fingerprint density at radius 3 is 2.70 bits per heavy atom. The van der Waals surface area contributed by atoms with Crippen LogP contribution in [0.5, 0.6) is 0 Å². The fourth-order valence-corrected chi connectivity index (χ4v) is 4.05. The van der Waals surface area contributed by atoms with Gasteiger partial charge in [-0.15, -0.1) is 5.10 Å². The van der Waals surface area contributed by atoms with Crippen LogP contribution >= 0.6 is 35.0 Å². The predicted molar refractivity (Wildman–Crippen MR) is 105 cm³/mol. The Balaban J connectivity index is 1.60. The molecule has 4 aromatic rings. The van der Waals surface area contributed by atoms with Crippen molar-refractivity contribution in [2.75, 3.05) is 0 Å². The summed E-state index contributed by atoms with van der Waals surface area (Å²) < 4.78 is 15.5. The van der Waals surface area contributed by atoms with Crippen LogP contribution in [0.1, 0.15) is 11.1 Å². The summed E-state index contributed by atoms with van der Waals surface area (Å²) in [7, 11) is 0. The predicted octanol–water partition coefficient (Wildman–Crippen LogP) is 5.01. The molecule has 27 heavy (non-hydrogen) atoms. The third-order valence-electron chi connectivity index (χ3n) is 3.92. The molecule has 0 fully saturated rings. The molecule has 0 N–H and O–H groups in total. The van der Waals surface area contributed by atoms with Gasteiger partial charge in [0.25, 0.3) is 0 Å². The number of nitrogens with zero attached hydrogens (tertiary/aromatic N) is 5. The lowest BCUT2D eigenvalue weighted by Crippen LogP contribution is -2.04. The average molecular weight is 420 g/mol. The van der Waals surface area contributed by atoms with E-state index in [4.69, 9.17) is 23.2 Å². The maximum atomic E-state index is 13.9. The van der Waals surface area contributed by atoms with Crippen molar-refractivity contribution < 1.29 is 4.39 Å². The summed E-state index contributed by atoms with van der Waals surface area (Å²) in [5, 5.41) is 10.2. The zero-order valence-electron chi connectivity index (χ0n) is 13.8. The minimum absolute atomic E-state index is 0.243. The molecule has 2 aromatic carbocycles. The summed E-state index contributed by atoms with van der Waals surface area (Å²) in [5.41, 5.74) is 2.59. The maximum Gasteiger partial charge on any atom is 0.183 e. The zero-order chi connectivity index (χ0) is 18.8. The van der Waals surface area contributed by atoms with Gasteiger partial charge in [0, 0.05) is 21.4 Å². The number of thioether (sulfide) groups is 1. The smallest absolute Gasteiger partial charge is 0.183 e. The van der Waals surface area contributed by atoms with Crippen molar-refractivity contribution in [3.8, 4) is 0 Å². The number of benzene rings is 2. The summed E-state index contributed by atoms with van der Waals surface area (Å²) in [6.45, 7) is 0.243. The minimum atomic E-state index is -0.290. The molecular formula is C18H12Cl2FN5S. The van der Waals surface area contributed by atoms with Crippen LogP contribution in [-0.4, -0.2) is 25.0 Å². The fraction of sp³-hybridized carbons (Fsp3) is 0.111. The second-order valence-electron chi connectivity index (χ2n) is 5.71. The van der Waals surface area contributed by atoms with Gasteiger partial charge in [-0.1, -0.05) is 64.4 Å². The Hall–Kier alpha value is -2.22. The van der Waals surface area contributed by atoms with Crippen LogP contribution in [0.3, 0.4) is 0 Å². The van der Waals surface area contributed by atoms with Crippen LogP contribution in [0.4, 0.5) is 4.39 Å². The number of rotatable bonds is 5. The van der Waals surface area contributed by atoms with E-state index in [2.05, 4.69) is 20.3 Å². The van der Waals surface area contributed by atoms with Crippen molar-refractivity contribution in [3.63, 3.8) is 0 Å². The van der Waals surface area contributed by atoms with E-state index in [0.717, 1.165) is 5.56 Å². The third kappa shape index (κ3) is 3.90. The van der Waals surface area contributed by atoms with Gasteiger partial charge in [-0.2, -0.15) is 0 Å². The molecule has 5 nitrogen and oxygen atoms in total. The Labute approximate surface area is 168 Å². The van der Waals surface area contributed by atoms with E-state index in [9.17, 15) is 4.39 Å². The maximum absolute atomic E-state index is 13.9. The van der Waals surface area contributed by atoms with E-state index in [-0.39, 0.29) is 12.4 Å². The number of hydrogen-bond donors (Lipinski definition) is 0. The Bertz CT molecular complexity index is 1120. The molecule has 0 aliphatic carbocycles. The van der Waals surface area contributed by atoms with E-state index < -0.39 is 0 Å². The van der Waals surface area contributed by atoms with Gasteiger partial charge in [-0.05, 0) is 23.8 Å². The lowest BCUT2D eigenvalue weighted by Gasteiger charge is -2.05. The van der Waals surface area contributed by atoms with Gasteiger partial charge < -0.3 is 0 Å². The summed E-state index contributed by atoms with van der Waals surface area (Å²) in [6, 6.07) is 11.9. The highest BCUT2D eigenvalue weighted by Crippen LogP contribution is 2.30. The lowest BCUT2D eigenvalue weighted by molar-refractivity contribution is 0.582. The van der Waals surface area contributed by atoms with Crippen LogP contribution in [-0.2, 0) is 12.3 Å². The molecule has 0 spiro atoms. The van der Waals surface area contributed by atoms with Crippen LogP contribution in [0, 0.1) is 5.82 Å². The molecular weight excluding hydrogens is 408 g/mol. The van der Waals surface area contributed by atoms with Crippen LogP contribution < -0.4 is 0 Å². The molecule has 0 aliphatic rings. The molecule has 0 amide bonds. The molecule has 0 saturated heterocycles. The molecule has 136 valence electrons. The quantitative estimate of drug-likeness (QED) is 0.336. The van der Waals surface area contributed by atoms with Crippen molar-refractivity contribution in [2.24, 2.45) is 0 Å². The molecule has 0 bridgehead atoms. The summed E-state index contributed by atoms with van der Waals surface area (Å²) >= 11 is 13.6. The molecule has 2 aromatic heterocycles. The first kappa shape index (κ1) is 18.2. The normalized spacial score (nSPS) is 11.2. The second-order valence-corrected chi connectivity index (χ2v) is 7.52. The van der Waals surface area contributed by atoms with Crippen molar-refractivity contribution in [3.05, 3.63) is 75.8 Å². The average Bonchev–Trinajstić information content (AvgIpc) is 3.07. The van der Waals surface area contributed by atoms with Gasteiger partial charge in [0.2, 0.25) is 0 Å². The van der Waals surface area contributed by atoms with Gasteiger partial charge in [-0.3, -0.25) is 0 Å². The molecule has 0 atom stereocenters. The van der Waals surface area contributed by atoms with Crippen LogP contribution in [0.15, 0.2) is 53.8 Å². The highest BCUT2D eigenvalue weighted by Gasteiger charge is 2.14. The largest absolute Gasteiger partial charge is 0.227 e. The molecule has 0 unspecified atom stereocenters. The Morgan fingerprint density at radius 2 is 1.89 bits per heavy atom. The number of halogens is 3. The zero-order valence-corrected chi connectivity index (χ0v) is 16.1. The molecule has 4 rings (SSSR count). The monoisotopic (exact) mass is 419 g/mol. The molecule has 2 heterocycles. The molecule has 0 aliphatic heterocycles. The second kappa shape index (κ2) is 7.80. The Morgan fingerprint density at radius 1 is 1.04 bits per heavy atom. The van der Waals surface area contributed by atoms with Gasteiger partial charge in [0.05, 0.1) is 6.54 Å². The molecule has 0 radical (unpaired) electrons.